The lowest BCUT2D eigenvalue weighted by Crippen LogP contribution is -1.98. The first-order chi connectivity index (χ1) is 9.56. The van der Waals surface area contributed by atoms with Crippen molar-refractivity contribution in [1.82, 2.24) is 14.5 Å². The summed E-state index contributed by atoms with van der Waals surface area (Å²) in [6.45, 7) is 5.91. The molecule has 0 unspecified atom stereocenters. The fourth-order valence-corrected chi connectivity index (χ4v) is 2.23. The number of aromatic nitrogens is 3. The molecule has 0 bridgehead atoms. The summed E-state index contributed by atoms with van der Waals surface area (Å²) in [4.78, 5) is 8.84. The maximum Gasteiger partial charge on any atom is 0.138 e. The topological polar surface area (TPSA) is 50.9 Å². The van der Waals surface area contributed by atoms with Crippen molar-refractivity contribution in [2.45, 2.75) is 26.9 Å². The third kappa shape index (κ3) is 2.08. The largest absolute Gasteiger partial charge is 0.389 e. The first-order valence-corrected chi connectivity index (χ1v) is 6.65. The van der Waals surface area contributed by atoms with Crippen LogP contribution in [0.4, 0.5) is 0 Å². The maximum atomic E-state index is 9.52. The van der Waals surface area contributed by atoms with Crippen LogP contribution in [0.15, 0.2) is 36.8 Å². The molecule has 20 heavy (non-hydrogen) atoms. The second kappa shape index (κ2) is 4.72. The van der Waals surface area contributed by atoms with Crippen LogP contribution in [0.1, 0.15) is 29.7 Å². The van der Waals surface area contributed by atoms with E-state index in [-0.39, 0.29) is 0 Å². The third-order valence-electron chi connectivity index (χ3n) is 3.66. The van der Waals surface area contributed by atoms with E-state index in [1.54, 1.807) is 19.4 Å². The van der Waals surface area contributed by atoms with Crippen molar-refractivity contribution >= 4 is 11.0 Å². The molecule has 0 amide bonds. The van der Waals surface area contributed by atoms with Crippen molar-refractivity contribution in [1.29, 1.82) is 0 Å². The molecule has 0 saturated carbocycles. The van der Waals surface area contributed by atoms with Crippen molar-refractivity contribution < 1.29 is 5.11 Å². The summed E-state index contributed by atoms with van der Waals surface area (Å²) in [5, 5.41) is 9.52. The van der Waals surface area contributed by atoms with E-state index in [0.29, 0.717) is 0 Å². The molecule has 3 aromatic rings. The molecule has 0 spiro atoms. The molecule has 4 nitrogen and oxygen atoms in total. The van der Waals surface area contributed by atoms with Gasteiger partial charge in [-0.1, -0.05) is 6.07 Å². The Labute approximate surface area is 117 Å². The number of aliphatic hydroxyl groups excluding tert-OH is 1. The van der Waals surface area contributed by atoms with E-state index in [2.05, 4.69) is 35.9 Å². The Kier molecular flexibility index (Phi) is 3.03. The highest BCUT2D eigenvalue weighted by molar-refractivity contribution is 5.78. The number of aryl methyl sites for hydroxylation is 2. The van der Waals surface area contributed by atoms with Gasteiger partial charge in [0.05, 0.1) is 17.1 Å². The Morgan fingerprint density at radius 3 is 2.50 bits per heavy atom. The fraction of sp³-hybridized carbons (Fsp3) is 0.250. The van der Waals surface area contributed by atoms with E-state index in [0.717, 1.165) is 22.4 Å². The Morgan fingerprint density at radius 1 is 1.10 bits per heavy atom. The summed E-state index contributed by atoms with van der Waals surface area (Å²) in [5.74, 6) is 0.806. The number of pyridine rings is 1. The smallest absolute Gasteiger partial charge is 0.138 e. The van der Waals surface area contributed by atoms with Crippen molar-refractivity contribution in [3.63, 3.8) is 0 Å². The molecule has 4 heteroatoms. The lowest BCUT2D eigenvalue weighted by molar-refractivity contribution is 0.199. The van der Waals surface area contributed by atoms with E-state index >= 15 is 0 Å². The normalized spacial score (nSPS) is 12.8. The van der Waals surface area contributed by atoms with Crippen LogP contribution in [-0.2, 0) is 0 Å². The number of nitrogens with zero attached hydrogens (tertiary/aromatic N) is 3. The molecule has 1 aromatic carbocycles. The molecule has 1 N–H and O–H groups in total. The Balaban J connectivity index is 2.12. The predicted octanol–water partition coefficient (Wildman–Crippen LogP) is 3.09. The van der Waals surface area contributed by atoms with Gasteiger partial charge in [0.15, 0.2) is 0 Å². The van der Waals surface area contributed by atoms with Crippen molar-refractivity contribution in [3.8, 4) is 5.82 Å². The molecular formula is C16H17N3O. The summed E-state index contributed by atoms with van der Waals surface area (Å²) >= 11 is 0. The summed E-state index contributed by atoms with van der Waals surface area (Å²) in [6, 6.07) is 8.01. The second-order valence-corrected chi connectivity index (χ2v) is 5.17. The number of hydrogen-bond donors (Lipinski definition) is 1. The van der Waals surface area contributed by atoms with Crippen LogP contribution < -0.4 is 0 Å². The first-order valence-electron chi connectivity index (χ1n) is 6.65. The Morgan fingerprint density at radius 2 is 1.85 bits per heavy atom. The molecule has 102 valence electrons. The second-order valence-electron chi connectivity index (χ2n) is 5.17. The van der Waals surface area contributed by atoms with Crippen LogP contribution in [0, 0.1) is 13.8 Å². The van der Waals surface area contributed by atoms with Gasteiger partial charge in [-0.3, -0.25) is 4.57 Å². The lowest BCUT2D eigenvalue weighted by atomic mass is 10.1. The van der Waals surface area contributed by atoms with Gasteiger partial charge >= 0.3 is 0 Å². The minimum atomic E-state index is -0.499. The van der Waals surface area contributed by atoms with Crippen LogP contribution in [0.25, 0.3) is 16.9 Å². The van der Waals surface area contributed by atoms with Gasteiger partial charge < -0.3 is 5.11 Å². The number of fused-ring (bicyclic) bond motifs is 1. The highest BCUT2D eigenvalue weighted by Crippen LogP contribution is 2.21. The zero-order valence-electron chi connectivity index (χ0n) is 11.8. The van der Waals surface area contributed by atoms with Crippen molar-refractivity contribution in [2.75, 3.05) is 0 Å². The standard InChI is InChI=1S/C16H17N3O/c1-10-6-14-15(7-11(10)2)19(9-18-14)16-5-4-13(8-17-16)12(3)20/h4-9,12,20H,1-3H3/t12-/m1/s1. The number of imidazole rings is 1. The quantitative estimate of drug-likeness (QED) is 0.776. The molecule has 0 aliphatic carbocycles. The Bertz CT molecular complexity index is 757. The van der Waals surface area contributed by atoms with Crippen LogP contribution in [0.5, 0.6) is 0 Å². The van der Waals surface area contributed by atoms with Gasteiger partial charge in [-0.05, 0) is 55.7 Å². The zero-order chi connectivity index (χ0) is 14.3. The molecule has 2 heterocycles. The summed E-state index contributed by atoms with van der Waals surface area (Å²) in [7, 11) is 0. The van der Waals surface area contributed by atoms with Crippen LogP contribution >= 0.6 is 0 Å². The molecule has 0 aliphatic heterocycles. The highest BCUT2D eigenvalue weighted by atomic mass is 16.3. The van der Waals surface area contributed by atoms with E-state index in [1.165, 1.54) is 11.1 Å². The minimum absolute atomic E-state index is 0.499. The molecule has 0 fully saturated rings. The maximum absolute atomic E-state index is 9.52. The fourth-order valence-electron chi connectivity index (χ4n) is 2.23. The van der Waals surface area contributed by atoms with Gasteiger partial charge in [-0.15, -0.1) is 0 Å². The van der Waals surface area contributed by atoms with Gasteiger partial charge in [0, 0.05) is 6.20 Å². The van der Waals surface area contributed by atoms with E-state index < -0.39 is 6.10 Å². The molecule has 0 aliphatic rings. The molecule has 1 atom stereocenters. The summed E-state index contributed by atoms with van der Waals surface area (Å²) in [5.41, 5.74) is 5.30. The minimum Gasteiger partial charge on any atom is -0.389 e. The molecule has 0 radical (unpaired) electrons. The molecular weight excluding hydrogens is 250 g/mol. The van der Waals surface area contributed by atoms with Crippen LogP contribution in [-0.4, -0.2) is 19.6 Å². The van der Waals surface area contributed by atoms with Gasteiger partial charge in [-0.25, -0.2) is 9.97 Å². The molecule has 0 saturated heterocycles. The van der Waals surface area contributed by atoms with Gasteiger partial charge in [0.25, 0.3) is 0 Å². The monoisotopic (exact) mass is 267 g/mol. The number of aliphatic hydroxyl groups is 1. The van der Waals surface area contributed by atoms with Gasteiger partial charge in [-0.2, -0.15) is 0 Å². The van der Waals surface area contributed by atoms with E-state index in [1.807, 2.05) is 16.7 Å². The predicted molar refractivity (Wildman–Crippen MR) is 79.0 cm³/mol. The Hall–Kier alpha value is -2.20. The zero-order valence-corrected chi connectivity index (χ0v) is 11.8. The van der Waals surface area contributed by atoms with E-state index in [4.69, 9.17) is 0 Å². The number of hydrogen-bond acceptors (Lipinski definition) is 3. The number of rotatable bonds is 2. The van der Waals surface area contributed by atoms with Crippen LogP contribution in [0.2, 0.25) is 0 Å². The van der Waals surface area contributed by atoms with Crippen molar-refractivity contribution in [2.24, 2.45) is 0 Å². The average Bonchev–Trinajstić information content (AvgIpc) is 2.82. The highest BCUT2D eigenvalue weighted by Gasteiger charge is 2.08. The summed E-state index contributed by atoms with van der Waals surface area (Å²) < 4.78 is 1.97. The lowest BCUT2D eigenvalue weighted by Gasteiger charge is -2.07. The third-order valence-corrected chi connectivity index (χ3v) is 3.66. The summed E-state index contributed by atoms with van der Waals surface area (Å²) in [6.07, 6.45) is 2.99. The first kappa shape index (κ1) is 12.8. The van der Waals surface area contributed by atoms with Gasteiger partial charge in [0.2, 0.25) is 0 Å². The van der Waals surface area contributed by atoms with Gasteiger partial charge in [0.1, 0.15) is 12.1 Å². The molecule has 2 aromatic heterocycles. The molecule has 3 rings (SSSR count). The van der Waals surface area contributed by atoms with Crippen molar-refractivity contribution in [3.05, 3.63) is 53.5 Å². The average molecular weight is 267 g/mol. The SMILES string of the molecule is Cc1cc2ncn(-c3ccc([C@@H](C)O)cn3)c2cc1C. The van der Waals surface area contributed by atoms with E-state index in [9.17, 15) is 5.11 Å². The number of benzene rings is 1. The van der Waals surface area contributed by atoms with Crippen LogP contribution in [0.3, 0.4) is 0 Å².